The van der Waals surface area contributed by atoms with Crippen LogP contribution in [-0.2, 0) is 17.5 Å². The lowest BCUT2D eigenvalue weighted by atomic mass is 9.93. The standard InChI is InChI=1S/C29H37Cl2F4N5O/c1-36(2)8-9-38-10-12-39(13-11-38)19-28(41)40-17-22(21-5-7-24(30)25(31)15-21)27(18-40)37(3)16-20-4-6-23(26(32)14-20)29(33,34)35/h4-7,14-15,22,27H,8-13,16-19H2,1-3H3/t22-,27-/m1/s1. The summed E-state index contributed by atoms with van der Waals surface area (Å²) >= 11 is 12.5. The Morgan fingerprint density at radius 3 is 2.24 bits per heavy atom. The highest BCUT2D eigenvalue weighted by atomic mass is 35.5. The predicted molar refractivity (Wildman–Crippen MR) is 154 cm³/mol. The van der Waals surface area contributed by atoms with Gasteiger partial charge in [0.2, 0.25) is 5.91 Å². The molecule has 1 amide bonds. The molecule has 2 saturated heterocycles. The minimum absolute atomic E-state index is 0.0354. The third-order valence-corrected chi connectivity index (χ3v) is 8.78. The second-order valence-electron chi connectivity index (χ2n) is 11.3. The van der Waals surface area contributed by atoms with Crippen LogP contribution in [0.5, 0.6) is 0 Å². The van der Waals surface area contributed by atoms with Gasteiger partial charge in [-0.25, -0.2) is 4.39 Å². The Bertz CT molecular complexity index is 1210. The minimum atomic E-state index is -4.75. The van der Waals surface area contributed by atoms with Crippen molar-refractivity contribution in [3.63, 3.8) is 0 Å². The second kappa shape index (κ2) is 13.6. The Hall–Kier alpha value is -1.95. The van der Waals surface area contributed by atoms with E-state index in [0.717, 1.165) is 57.0 Å². The van der Waals surface area contributed by atoms with Crippen LogP contribution >= 0.6 is 23.2 Å². The fraction of sp³-hybridized carbons (Fsp3) is 0.552. The SMILES string of the molecule is CN(C)CCN1CCN(CC(=O)N2C[C@H](c3ccc(Cl)c(Cl)c3)[C@H](N(C)Cc3ccc(C(F)(F)F)c(F)c3)C2)CC1. The molecule has 41 heavy (non-hydrogen) atoms. The van der Waals surface area contributed by atoms with Crippen LogP contribution in [0.4, 0.5) is 17.6 Å². The molecule has 0 radical (unpaired) electrons. The van der Waals surface area contributed by atoms with Crippen LogP contribution in [0, 0.1) is 5.82 Å². The Balaban J connectivity index is 1.45. The average Bonchev–Trinajstić information content (AvgIpc) is 3.35. The third-order valence-electron chi connectivity index (χ3n) is 8.04. The summed E-state index contributed by atoms with van der Waals surface area (Å²) in [7, 11) is 5.96. The summed E-state index contributed by atoms with van der Waals surface area (Å²) in [4.78, 5) is 24.0. The first kappa shape index (κ1) is 32.0. The monoisotopic (exact) mass is 617 g/mol. The number of nitrogens with zero attached hydrogens (tertiary/aromatic N) is 5. The number of likely N-dealkylation sites (N-methyl/N-ethyl adjacent to an activating group) is 2. The van der Waals surface area contributed by atoms with Crippen molar-refractivity contribution in [2.24, 2.45) is 0 Å². The zero-order valence-electron chi connectivity index (χ0n) is 23.6. The van der Waals surface area contributed by atoms with Crippen LogP contribution in [0.1, 0.15) is 22.6 Å². The summed E-state index contributed by atoms with van der Waals surface area (Å²) < 4.78 is 53.4. The quantitative estimate of drug-likeness (QED) is 0.379. The number of halogens is 6. The number of hydrogen-bond acceptors (Lipinski definition) is 5. The zero-order valence-corrected chi connectivity index (χ0v) is 25.1. The number of rotatable bonds is 9. The van der Waals surface area contributed by atoms with Gasteiger partial charge in [-0.1, -0.05) is 35.3 Å². The smallest absolute Gasteiger partial charge is 0.339 e. The van der Waals surface area contributed by atoms with E-state index in [1.165, 1.54) is 6.07 Å². The van der Waals surface area contributed by atoms with Crippen molar-refractivity contribution in [3.05, 3.63) is 69.0 Å². The number of piperazine rings is 1. The molecule has 0 N–H and O–H groups in total. The van der Waals surface area contributed by atoms with E-state index in [9.17, 15) is 22.4 Å². The van der Waals surface area contributed by atoms with Crippen LogP contribution in [-0.4, -0.2) is 116 Å². The van der Waals surface area contributed by atoms with E-state index in [-0.39, 0.29) is 24.4 Å². The van der Waals surface area contributed by atoms with Crippen LogP contribution in [0.25, 0.3) is 0 Å². The molecule has 2 atom stereocenters. The van der Waals surface area contributed by atoms with Crippen molar-refractivity contribution in [2.75, 3.05) is 80.0 Å². The number of carbonyl (C=O) groups excluding carboxylic acids is 1. The Morgan fingerprint density at radius 1 is 0.951 bits per heavy atom. The minimum Gasteiger partial charge on any atom is -0.339 e. The number of hydrogen-bond donors (Lipinski definition) is 0. The highest BCUT2D eigenvalue weighted by Gasteiger charge is 2.39. The lowest BCUT2D eigenvalue weighted by molar-refractivity contribution is -0.140. The van der Waals surface area contributed by atoms with Gasteiger partial charge < -0.3 is 9.80 Å². The fourth-order valence-electron chi connectivity index (χ4n) is 5.60. The topological polar surface area (TPSA) is 33.3 Å². The van der Waals surface area contributed by atoms with Crippen molar-refractivity contribution in [1.29, 1.82) is 0 Å². The molecule has 0 bridgehead atoms. The number of alkyl halides is 3. The molecule has 2 aromatic rings. The normalized spacial score (nSPS) is 20.9. The first-order chi connectivity index (χ1) is 19.3. The predicted octanol–water partition coefficient (Wildman–Crippen LogP) is 4.76. The average molecular weight is 619 g/mol. The summed E-state index contributed by atoms with van der Waals surface area (Å²) in [6, 6.07) is 8.26. The van der Waals surface area contributed by atoms with Crippen LogP contribution in [0.3, 0.4) is 0 Å². The maximum absolute atomic E-state index is 14.3. The molecule has 0 aromatic heterocycles. The van der Waals surface area contributed by atoms with Gasteiger partial charge >= 0.3 is 6.18 Å². The summed E-state index contributed by atoms with van der Waals surface area (Å²) in [5.41, 5.74) is 0.0521. The van der Waals surface area contributed by atoms with Crippen LogP contribution < -0.4 is 0 Å². The highest BCUT2D eigenvalue weighted by molar-refractivity contribution is 6.42. The molecule has 2 aliphatic heterocycles. The first-order valence-electron chi connectivity index (χ1n) is 13.7. The second-order valence-corrected chi connectivity index (χ2v) is 12.1. The summed E-state index contributed by atoms with van der Waals surface area (Å²) in [6.07, 6.45) is -4.75. The molecule has 2 heterocycles. The first-order valence-corrected chi connectivity index (χ1v) is 14.5. The van der Waals surface area contributed by atoms with Gasteiger partial charge in [0.05, 0.1) is 22.2 Å². The van der Waals surface area contributed by atoms with E-state index < -0.39 is 17.6 Å². The lowest BCUT2D eigenvalue weighted by Crippen LogP contribution is -2.51. The molecule has 12 heteroatoms. The van der Waals surface area contributed by atoms with E-state index in [4.69, 9.17) is 23.2 Å². The maximum Gasteiger partial charge on any atom is 0.419 e. The van der Waals surface area contributed by atoms with Crippen LogP contribution in [0.2, 0.25) is 10.0 Å². The number of amides is 1. The largest absolute Gasteiger partial charge is 0.419 e. The lowest BCUT2D eigenvalue weighted by Gasteiger charge is -2.35. The number of likely N-dealkylation sites (tertiary alicyclic amines) is 1. The van der Waals surface area contributed by atoms with Gasteiger partial charge in [0.15, 0.2) is 0 Å². The van der Waals surface area contributed by atoms with Gasteiger partial charge in [0.1, 0.15) is 5.82 Å². The van der Waals surface area contributed by atoms with E-state index in [1.54, 1.807) is 12.1 Å². The Labute approximate surface area is 249 Å². The molecule has 2 aliphatic rings. The molecule has 0 spiro atoms. The van der Waals surface area contributed by atoms with Crippen molar-refractivity contribution in [3.8, 4) is 0 Å². The van der Waals surface area contributed by atoms with Gasteiger partial charge in [-0.2, -0.15) is 13.2 Å². The highest BCUT2D eigenvalue weighted by Crippen LogP contribution is 2.36. The molecule has 4 rings (SSSR count). The van der Waals surface area contributed by atoms with Gasteiger partial charge in [0, 0.05) is 70.9 Å². The van der Waals surface area contributed by atoms with Crippen molar-refractivity contribution in [2.45, 2.75) is 24.7 Å². The molecule has 2 fully saturated rings. The van der Waals surface area contributed by atoms with E-state index in [1.807, 2.05) is 22.9 Å². The van der Waals surface area contributed by atoms with E-state index in [2.05, 4.69) is 28.8 Å². The summed E-state index contributed by atoms with van der Waals surface area (Å²) in [5, 5.41) is 0.837. The van der Waals surface area contributed by atoms with Crippen LogP contribution in [0.15, 0.2) is 36.4 Å². The molecule has 0 unspecified atom stereocenters. The Morgan fingerprint density at radius 2 is 1.63 bits per heavy atom. The van der Waals surface area contributed by atoms with Crippen molar-refractivity contribution >= 4 is 29.1 Å². The molecule has 0 aliphatic carbocycles. The van der Waals surface area contributed by atoms with Crippen molar-refractivity contribution < 1.29 is 22.4 Å². The maximum atomic E-state index is 14.3. The van der Waals surface area contributed by atoms with Gasteiger partial charge in [0.25, 0.3) is 0 Å². The number of carbonyl (C=O) groups is 1. The molecule has 0 saturated carbocycles. The van der Waals surface area contributed by atoms with E-state index in [0.29, 0.717) is 35.2 Å². The Kier molecular flexibility index (Phi) is 10.6. The fourth-order valence-corrected chi connectivity index (χ4v) is 5.91. The van der Waals surface area contributed by atoms with Gasteiger partial charge in [-0.3, -0.25) is 19.5 Å². The van der Waals surface area contributed by atoms with Gasteiger partial charge in [-0.05, 0) is 56.5 Å². The third kappa shape index (κ3) is 8.33. The molecule has 2 aromatic carbocycles. The molecule has 226 valence electrons. The molecule has 6 nitrogen and oxygen atoms in total. The summed E-state index contributed by atoms with van der Waals surface area (Å²) in [6.45, 7) is 6.94. The zero-order chi connectivity index (χ0) is 29.9. The molecular weight excluding hydrogens is 581 g/mol. The van der Waals surface area contributed by atoms with Gasteiger partial charge in [-0.15, -0.1) is 0 Å². The van der Waals surface area contributed by atoms with Crippen molar-refractivity contribution in [1.82, 2.24) is 24.5 Å². The molecular formula is C29H37Cl2F4N5O. The number of benzene rings is 2. The van der Waals surface area contributed by atoms with E-state index >= 15 is 0 Å². The summed E-state index contributed by atoms with van der Waals surface area (Å²) in [5.74, 6) is -1.37.